The number of aromatic nitrogens is 2. The summed E-state index contributed by atoms with van der Waals surface area (Å²) in [6.07, 6.45) is 4.75. The van der Waals surface area contributed by atoms with Crippen LogP contribution in [-0.4, -0.2) is 78.4 Å². The molecule has 0 aliphatic carbocycles. The highest BCUT2D eigenvalue weighted by Crippen LogP contribution is 2.16. The highest BCUT2D eigenvalue weighted by Gasteiger charge is 2.29. The fourth-order valence-electron chi connectivity index (χ4n) is 5.93. The summed E-state index contributed by atoms with van der Waals surface area (Å²) in [5, 5.41) is 43.0. The number of oxazole rings is 2. The van der Waals surface area contributed by atoms with E-state index in [1.165, 1.54) is 12.5 Å². The van der Waals surface area contributed by atoms with Crippen molar-refractivity contribution >= 4 is 23.9 Å². The molecular weight excluding hydrogens is 696 g/mol. The fourth-order valence-corrected chi connectivity index (χ4v) is 5.93. The van der Waals surface area contributed by atoms with E-state index >= 15 is 0 Å². The highest BCUT2D eigenvalue weighted by molar-refractivity contribution is 5.78. The number of benzene rings is 2. The van der Waals surface area contributed by atoms with Gasteiger partial charge < -0.3 is 29.3 Å². The number of hydrogen-bond donors (Lipinski definition) is 6. The summed E-state index contributed by atoms with van der Waals surface area (Å²) in [5.74, 6) is -3.36. The van der Waals surface area contributed by atoms with Crippen molar-refractivity contribution in [1.29, 1.82) is 0 Å². The van der Waals surface area contributed by atoms with Gasteiger partial charge in [-0.15, -0.1) is 0 Å². The number of carboxylic acids is 4. The van der Waals surface area contributed by atoms with Crippen molar-refractivity contribution in [2.45, 2.75) is 104 Å². The van der Waals surface area contributed by atoms with Gasteiger partial charge in [-0.05, 0) is 49.7 Å². The molecule has 0 saturated carbocycles. The topological polar surface area (TPSA) is 225 Å². The molecule has 0 aliphatic rings. The summed E-state index contributed by atoms with van der Waals surface area (Å²) in [7, 11) is 0. The summed E-state index contributed by atoms with van der Waals surface area (Å²) in [4.78, 5) is 54.6. The van der Waals surface area contributed by atoms with E-state index in [-0.39, 0.29) is 30.6 Å². The molecule has 0 saturated heterocycles. The van der Waals surface area contributed by atoms with Crippen molar-refractivity contribution in [3.8, 4) is 0 Å². The molecule has 292 valence electrons. The maximum absolute atomic E-state index is 11.6. The Labute approximate surface area is 315 Å². The van der Waals surface area contributed by atoms with E-state index in [1.807, 2.05) is 71.9 Å². The van der Waals surface area contributed by atoms with E-state index in [0.717, 1.165) is 22.3 Å². The normalized spacial score (nSPS) is 13.5. The SMILES string of the molecule is CC(C)C[C@H](N[C@@H](Cc1nc(Cc2ccccc2)co1)C(=O)O)C(=O)O.Cc1cc(C)cc(Cc2nc(C[C@H](N[C@@H](CC(C)C)C(=O)O)C(=O)O)co2)c1. The molecule has 0 amide bonds. The van der Waals surface area contributed by atoms with Crippen LogP contribution in [0.3, 0.4) is 0 Å². The Kier molecular flexibility index (Phi) is 16.6. The third kappa shape index (κ3) is 15.0. The molecule has 6 N–H and O–H groups in total. The van der Waals surface area contributed by atoms with Gasteiger partial charge >= 0.3 is 23.9 Å². The van der Waals surface area contributed by atoms with Crippen molar-refractivity contribution in [2.24, 2.45) is 11.8 Å². The van der Waals surface area contributed by atoms with E-state index in [2.05, 4.69) is 38.8 Å². The Bertz CT molecular complexity index is 1800. The van der Waals surface area contributed by atoms with Crippen LogP contribution in [0.1, 0.15) is 86.0 Å². The van der Waals surface area contributed by atoms with Gasteiger partial charge in [0.1, 0.15) is 36.7 Å². The summed E-state index contributed by atoms with van der Waals surface area (Å²) in [6.45, 7) is 11.6. The zero-order valence-electron chi connectivity index (χ0n) is 31.6. The Morgan fingerprint density at radius 3 is 1.56 bits per heavy atom. The van der Waals surface area contributed by atoms with Crippen molar-refractivity contribution in [2.75, 3.05) is 0 Å². The number of nitrogens with zero attached hydrogens (tertiary/aromatic N) is 2. The Morgan fingerprint density at radius 1 is 0.593 bits per heavy atom. The van der Waals surface area contributed by atoms with Gasteiger partial charge in [0.05, 0.1) is 17.8 Å². The zero-order chi connectivity index (χ0) is 39.9. The number of carboxylic acid groups (broad SMARTS) is 4. The number of aliphatic carboxylic acids is 4. The van der Waals surface area contributed by atoms with Crippen LogP contribution in [0.4, 0.5) is 0 Å². The first-order chi connectivity index (χ1) is 25.5. The molecule has 0 aliphatic heterocycles. The molecule has 54 heavy (non-hydrogen) atoms. The van der Waals surface area contributed by atoms with Gasteiger partial charge in [-0.25, -0.2) is 9.97 Å². The minimum absolute atomic E-state index is 0.0218. The number of carbonyl (C=O) groups is 4. The van der Waals surface area contributed by atoms with Crippen molar-refractivity contribution in [3.05, 3.63) is 106 Å². The maximum atomic E-state index is 11.6. The van der Waals surface area contributed by atoms with E-state index < -0.39 is 48.0 Å². The highest BCUT2D eigenvalue weighted by atomic mass is 16.4. The second-order valence-electron chi connectivity index (χ2n) is 14.4. The molecule has 2 aromatic heterocycles. The van der Waals surface area contributed by atoms with Crippen LogP contribution >= 0.6 is 0 Å². The molecule has 0 spiro atoms. The van der Waals surface area contributed by atoms with Crippen LogP contribution in [0.15, 0.2) is 69.9 Å². The third-order valence-electron chi connectivity index (χ3n) is 8.27. The fraction of sp³-hybridized carbons (Fsp3) is 0.450. The number of rotatable bonds is 20. The van der Waals surface area contributed by atoms with Gasteiger partial charge in [-0.3, -0.25) is 29.8 Å². The van der Waals surface area contributed by atoms with Gasteiger partial charge in [-0.2, -0.15) is 0 Å². The van der Waals surface area contributed by atoms with Crippen LogP contribution in [0, 0.1) is 25.7 Å². The first kappa shape index (κ1) is 43.1. The maximum Gasteiger partial charge on any atom is 0.321 e. The lowest BCUT2D eigenvalue weighted by Gasteiger charge is -2.21. The van der Waals surface area contributed by atoms with Crippen LogP contribution in [-0.2, 0) is 44.9 Å². The smallest absolute Gasteiger partial charge is 0.321 e. The van der Waals surface area contributed by atoms with Crippen LogP contribution in [0.2, 0.25) is 0 Å². The molecule has 0 unspecified atom stereocenters. The molecule has 2 aromatic carbocycles. The van der Waals surface area contributed by atoms with Gasteiger partial charge in [0.15, 0.2) is 11.8 Å². The average molecular weight is 749 g/mol. The molecule has 4 rings (SSSR count). The molecule has 0 fully saturated rings. The molecule has 0 radical (unpaired) electrons. The largest absolute Gasteiger partial charge is 0.480 e. The van der Waals surface area contributed by atoms with Crippen LogP contribution in [0.5, 0.6) is 0 Å². The lowest BCUT2D eigenvalue weighted by Crippen LogP contribution is -2.48. The molecule has 4 atom stereocenters. The Morgan fingerprint density at radius 2 is 1.06 bits per heavy atom. The summed E-state index contributed by atoms with van der Waals surface area (Å²) < 4.78 is 10.9. The van der Waals surface area contributed by atoms with Gasteiger partial charge in [0.2, 0.25) is 0 Å². The first-order valence-electron chi connectivity index (χ1n) is 17.9. The summed E-state index contributed by atoms with van der Waals surface area (Å²) >= 11 is 0. The molecule has 0 bridgehead atoms. The van der Waals surface area contributed by atoms with Crippen LogP contribution < -0.4 is 10.6 Å². The second kappa shape index (κ2) is 20.8. The van der Waals surface area contributed by atoms with Crippen LogP contribution in [0.25, 0.3) is 0 Å². The zero-order valence-corrected chi connectivity index (χ0v) is 31.6. The molecule has 14 heteroatoms. The predicted octanol–water partition coefficient (Wildman–Crippen LogP) is 5.32. The molecule has 4 aromatic rings. The summed E-state index contributed by atoms with van der Waals surface area (Å²) in [6, 6.07) is 11.9. The van der Waals surface area contributed by atoms with E-state index in [9.17, 15) is 39.6 Å². The number of nitrogens with one attached hydrogen (secondary N) is 2. The average Bonchev–Trinajstić information content (AvgIpc) is 3.71. The number of aryl methyl sites for hydroxylation is 2. The van der Waals surface area contributed by atoms with Gasteiger partial charge in [0.25, 0.3) is 0 Å². The van der Waals surface area contributed by atoms with E-state index in [0.29, 0.717) is 43.0 Å². The monoisotopic (exact) mass is 748 g/mol. The quantitative estimate of drug-likeness (QED) is 0.0673. The molecule has 14 nitrogen and oxygen atoms in total. The number of hydrogen-bond acceptors (Lipinski definition) is 10. The van der Waals surface area contributed by atoms with Gasteiger partial charge in [0, 0.05) is 19.3 Å². The standard InChI is InChI=1S/C21H28N2O5.C19H24N2O5/c1-12(2)5-17(20(24)25)23-18(21(26)27)10-16-11-28-19(22-16)9-15-7-13(3)6-14(4)8-15;1-12(2)8-15(18(22)23)21-16(19(24)25)10-17-20-14(11-26-17)9-13-6-4-3-5-7-13/h6-8,11-12,17-18,23H,5,9-10H2,1-4H3,(H,24,25)(H,26,27);3-7,11-12,15-16,21H,8-10H2,1-2H3,(H,22,23)(H,24,25)/t17-,18-;15-,16-/m00/s1. The van der Waals surface area contributed by atoms with E-state index in [4.69, 9.17) is 8.83 Å². The predicted molar refractivity (Wildman–Crippen MR) is 199 cm³/mol. The van der Waals surface area contributed by atoms with Crippen molar-refractivity contribution in [3.63, 3.8) is 0 Å². The second-order valence-corrected chi connectivity index (χ2v) is 14.4. The van der Waals surface area contributed by atoms with E-state index in [1.54, 1.807) is 0 Å². The minimum Gasteiger partial charge on any atom is -0.480 e. The lowest BCUT2D eigenvalue weighted by atomic mass is 10.0. The Hall–Kier alpha value is -5.34. The molecular formula is C40H52N4O10. The Balaban J connectivity index is 0.000000291. The first-order valence-corrected chi connectivity index (χ1v) is 17.9. The van der Waals surface area contributed by atoms with Crippen molar-refractivity contribution in [1.82, 2.24) is 20.6 Å². The third-order valence-corrected chi connectivity index (χ3v) is 8.27. The van der Waals surface area contributed by atoms with Gasteiger partial charge in [-0.1, -0.05) is 87.4 Å². The summed E-state index contributed by atoms with van der Waals surface area (Å²) in [5.41, 5.74) is 5.63. The van der Waals surface area contributed by atoms with Crippen molar-refractivity contribution < 1.29 is 48.4 Å². The molecule has 2 heterocycles. The lowest BCUT2D eigenvalue weighted by molar-refractivity contribution is -0.144. The minimum atomic E-state index is -1.14.